The normalized spacial score (nSPS) is 19.1. The van der Waals surface area contributed by atoms with Crippen LogP contribution in [0.3, 0.4) is 0 Å². The van der Waals surface area contributed by atoms with Crippen LogP contribution >= 0.6 is 0 Å². The Morgan fingerprint density at radius 3 is 2.70 bits per heavy atom. The van der Waals surface area contributed by atoms with Gasteiger partial charge < -0.3 is 20.3 Å². The Bertz CT molecular complexity index is 464. The summed E-state index contributed by atoms with van der Waals surface area (Å²) in [5.74, 6) is 0.492. The number of carbonyl (C=O) groups excluding carboxylic acids is 1. The van der Waals surface area contributed by atoms with Crippen LogP contribution in [0.15, 0.2) is 28.0 Å². The summed E-state index contributed by atoms with van der Waals surface area (Å²) in [6, 6.07) is 3.29. The highest BCUT2D eigenvalue weighted by atomic mass is 16.4. The van der Waals surface area contributed by atoms with Gasteiger partial charge in [0.25, 0.3) is 5.91 Å². The molecule has 0 spiro atoms. The Balaban J connectivity index is 1.94. The lowest BCUT2D eigenvalue weighted by Crippen LogP contribution is -2.55. The third-order valence-electron chi connectivity index (χ3n) is 3.62. The first-order valence-corrected chi connectivity index (χ1v) is 6.71. The van der Waals surface area contributed by atoms with Gasteiger partial charge in [-0.25, -0.2) is 0 Å². The minimum atomic E-state index is -0.0912. The smallest absolute Gasteiger partial charge is 0.289 e. The van der Waals surface area contributed by atoms with E-state index in [-0.39, 0.29) is 17.8 Å². The Labute approximate surface area is 117 Å². The number of carbonyl (C=O) groups is 1. The SMILES string of the molecule is CCC(C(N)=NO)N1CCN(C(=O)c2ccco2)CC1. The quantitative estimate of drug-likeness (QED) is 0.364. The number of amidine groups is 1. The summed E-state index contributed by atoms with van der Waals surface area (Å²) in [7, 11) is 0. The summed E-state index contributed by atoms with van der Waals surface area (Å²) in [6.45, 7) is 4.59. The summed E-state index contributed by atoms with van der Waals surface area (Å²) >= 11 is 0. The summed E-state index contributed by atoms with van der Waals surface area (Å²) < 4.78 is 5.12. The Kier molecular flexibility index (Phi) is 4.62. The fourth-order valence-corrected chi connectivity index (χ4v) is 2.51. The van der Waals surface area contributed by atoms with Crippen LogP contribution in [0.2, 0.25) is 0 Å². The number of oxime groups is 1. The lowest BCUT2D eigenvalue weighted by molar-refractivity contribution is 0.0578. The molecule has 1 aliphatic rings. The average molecular weight is 280 g/mol. The first-order valence-electron chi connectivity index (χ1n) is 6.71. The topological polar surface area (TPSA) is 95.3 Å². The van der Waals surface area contributed by atoms with Crippen molar-refractivity contribution in [3.63, 3.8) is 0 Å². The summed E-state index contributed by atoms with van der Waals surface area (Å²) in [5.41, 5.74) is 5.69. The van der Waals surface area contributed by atoms with Crippen LogP contribution in [0.4, 0.5) is 0 Å². The van der Waals surface area contributed by atoms with Crippen LogP contribution < -0.4 is 5.73 Å². The second-order valence-corrected chi connectivity index (χ2v) is 4.75. The molecule has 1 unspecified atom stereocenters. The lowest BCUT2D eigenvalue weighted by Gasteiger charge is -2.38. The van der Waals surface area contributed by atoms with Crippen LogP contribution in [0.25, 0.3) is 0 Å². The van der Waals surface area contributed by atoms with Crippen molar-refractivity contribution < 1.29 is 14.4 Å². The van der Waals surface area contributed by atoms with E-state index >= 15 is 0 Å². The third kappa shape index (κ3) is 2.93. The number of rotatable bonds is 4. The maximum Gasteiger partial charge on any atom is 0.289 e. The second-order valence-electron chi connectivity index (χ2n) is 4.75. The maximum absolute atomic E-state index is 12.1. The molecule has 3 N–H and O–H groups in total. The molecule has 0 aliphatic carbocycles. The number of amides is 1. The van der Waals surface area contributed by atoms with Gasteiger partial charge in [0, 0.05) is 26.2 Å². The first-order chi connectivity index (χ1) is 9.67. The van der Waals surface area contributed by atoms with Gasteiger partial charge in [-0.05, 0) is 18.6 Å². The fourth-order valence-electron chi connectivity index (χ4n) is 2.51. The zero-order valence-electron chi connectivity index (χ0n) is 11.5. The summed E-state index contributed by atoms with van der Waals surface area (Å²) in [5, 5.41) is 11.9. The molecule has 2 rings (SSSR count). The molecule has 1 aromatic rings. The molecule has 0 radical (unpaired) electrons. The lowest BCUT2D eigenvalue weighted by atomic mass is 10.1. The van der Waals surface area contributed by atoms with Crippen LogP contribution in [-0.4, -0.2) is 59.0 Å². The van der Waals surface area contributed by atoms with Crippen molar-refractivity contribution >= 4 is 11.7 Å². The molecule has 1 aliphatic heterocycles. The van der Waals surface area contributed by atoms with Crippen molar-refractivity contribution in [3.05, 3.63) is 24.2 Å². The van der Waals surface area contributed by atoms with Crippen molar-refractivity contribution in [1.29, 1.82) is 0 Å². The van der Waals surface area contributed by atoms with E-state index in [0.717, 1.165) is 6.42 Å². The van der Waals surface area contributed by atoms with E-state index in [9.17, 15) is 4.79 Å². The zero-order chi connectivity index (χ0) is 14.5. The van der Waals surface area contributed by atoms with Gasteiger partial charge in [0.1, 0.15) is 0 Å². The van der Waals surface area contributed by atoms with E-state index in [4.69, 9.17) is 15.4 Å². The highest BCUT2D eigenvalue weighted by molar-refractivity contribution is 5.91. The Hall–Kier alpha value is -2.02. The predicted molar refractivity (Wildman–Crippen MR) is 73.7 cm³/mol. The van der Waals surface area contributed by atoms with E-state index < -0.39 is 0 Å². The van der Waals surface area contributed by atoms with Crippen LogP contribution in [0.5, 0.6) is 0 Å². The molecular weight excluding hydrogens is 260 g/mol. The molecule has 1 aromatic heterocycles. The molecule has 2 heterocycles. The van der Waals surface area contributed by atoms with Crippen LogP contribution in [0.1, 0.15) is 23.9 Å². The van der Waals surface area contributed by atoms with Crippen molar-refractivity contribution in [2.75, 3.05) is 26.2 Å². The van der Waals surface area contributed by atoms with Crippen LogP contribution in [0, 0.1) is 0 Å². The predicted octanol–water partition coefficient (Wildman–Crippen LogP) is 0.562. The van der Waals surface area contributed by atoms with Gasteiger partial charge in [-0.1, -0.05) is 12.1 Å². The minimum absolute atomic E-state index is 0.0825. The largest absolute Gasteiger partial charge is 0.459 e. The van der Waals surface area contributed by atoms with Gasteiger partial charge >= 0.3 is 0 Å². The highest BCUT2D eigenvalue weighted by Gasteiger charge is 2.28. The molecule has 1 saturated heterocycles. The number of hydrogen-bond acceptors (Lipinski definition) is 5. The van der Waals surface area contributed by atoms with E-state index in [1.165, 1.54) is 6.26 Å². The number of piperazine rings is 1. The van der Waals surface area contributed by atoms with Crippen molar-refractivity contribution in [2.45, 2.75) is 19.4 Å². The molecule has 7 nitrogen and oxygen atoms in total. The van der Waals surface area contributed by atoms with Gasteiger partial charge in [-0.3, -0.25) is 9.69 Å². The molecule has 1 fully saturated rings. The van der Waals surface area contributed by atoms with Gasteiger partial charge in [0.15, 0.2) is 11.6 Å². The van der Waals surface area contributed by atoms with Crippen molar-refractivity contribution in [3.8, 4) is 0 Å². The molecule has 7 heteroatoms. The third-order valence-corrected chi connectivity index (χ3v) is 3.62. The molecule has 1 atom stereocenters. The van der Waals surface area contributed by atoms with Crippen molar-refractivity contribution in [2.24, 2.45) is 10.9 Å². The Morgan fingerprint density at radius 2 is 2.20 bits per heavy atom. The number of nitrogens with two attached hydrogens (primary N) is 1. The number of nitrogens with zero attached hydrogens (tertiary/aromatic N) is 3. The molecular formula is C13H20N4O3. The average Bonchev–Trinajstić information content (AvgIpc) is 3.02. The molecule has 20 heavy (non-hydrogen) atoms. The standard InChI is InChI=1S/C13H20N4O3/c1-2-10(12(14)15-19)16-5-7-17(8-6-16)13(18)11-4-3-9-20-11/h3-4,9-10,19H,2,5-8H2,1H3,(H2,14,15). The van der Waals surface area contributed by atoms with Gasteiger partial charge in [-0.2, -0.15) is 0 Å². The van der Waals surface area contributed by atoms with Gasteiger partial charge in [-0.15, -0.1) is 0 Å². The molecule has 110 valence electrons. The maximum atomic E-state index is 12.1. The van der Waals surface area contributed by atoms with E-state index in [2.05, 4.69) is 10.1 Å². The highest BCUT2D eigenvalue weighted by Crippen LogP contribution is 2.13. The van der Waals surface area contributed by atoms with E-state index in [0.29, 0.717) is 31.9 Å². The number of hydrogen-bond donors (Lipinski definition) is 2. The molecule has 0 saturated carbocycles. The first kappa shape index (κ1) is 14.4. The summed E-state index contributed by atoms with van der Waals surface area (Å²) in [4.78, 5) is 16.0. The van der Waals surface area contributed by atoms with Crippen molar-refractivity contribution in [1.82, 2.24) is 9.80 Å². The molecule has 0 bridgehead atoms. The summed E-state index contributed by atoms with van der Waals surface area (Å²) in [6.07, 6.45) is 2.26. The minimum Gasteiger partial charge on any atom is -0.459 e. The monoisotopic (exact) mass is 280 g/mol. The van der Waals surface area contributed by atoms with E-state index in [1.54, 1.807) is 17.0 Å². The fraction of sp³-hybridized carbons (Fsp3) is 0.538. The van der Waals surface area contributed by atoms with Gasteiger partial charge in [0.2, 0.25) is 0 Å². The molecule has 1 amide bonds. The zero-order valence-corrected chi connectivity index (χ0v) is 11.5. The van der Waals surface area contributed by atoms with Gasteiger partial charge in [0.05, 0.1) is 12.3 Å². The van der Waals surface area contributed by atoms with Crippen LogP contribution in [-0.2, 0) is 0 Å². The van der Waals surface area contributed by atoms with E-state index in [1.807, 2.05) is 6.92 Å². The molecule has 0 aromatic carbocycles. The number of furan rings is 1. The Morgan fingerprint density at radius 1 is 1.50 bits per heavy atom. The second kappa shape index (κ2) is 6.42.